The third-order valence-electron chi connectivity index (χ3n) is 4.78. The van der Waals surface area contributed by atoms with Crippen LogP contribution in [0.2, 0.25) is 5.02 Å². The Morgan fingerprint density at radius 1 is 1.00 bits per heavy atom. The predicted octanol–water partition coefficient (Wildman–Crippen LogP) is 6.03. The van der Waals surface area contributed by atoms with E-state index in [9.17, 15) is 4.79 Å². The summed E-state index contributed by atoms with van der Waals surface area (Å²) >= 11 is 6.04. The molecule has 0 fully saturated rings. The van der Waals surface area contributed by atoms with Crippen molar-refractivity contribution in [3.8, 4) is 0 Å². The minimum Gasteiger partial charge on any atom is -0.306 e. The van der Waals surface area contributed by atoms with E-state index in [1.54, 1.807) is 0 Å². The predicted molar refractivity (Wildman–Crippen MR) is 114 cm³/mol. The van der Waals surface area contributed by atoms with E-state index < -0.39 is 0 Å². The summed E-state index contributed by atoms with van der Waals surface area (Å²) in [5, 5.41) is 9.81. The maximum absolute atomic E-state index is 13.0. The zero-order valence-corrected chi connectivity index (χ0v) is 16.2. The first kappa shape index (κ1) is 18.3. The molecule has 3 aromatic rings. The largest absolute Gasteiger partial charge is 0.342 e. The van der Waals surface area contributed by atoms with Crippen LogP contribution in [-0.2, 0) is 0 Å². The molecule has 0 radical (unpaired) electrons. The SMILES string of the molecule is Cc1ccc(NC(=O)N2N=C(c3ccccc3)CC2c2ccc(Cl)cc2)cc1. The minimum atomic E-state index is -0.255. The lowest BCUT2D eigenvalue weighted by Gasteiger charge is -2.22. The first-order valence-electron chi connectivity index (χ1n) is 9.15. The van der Waals surface area contributed by atoms with Crippen LogP contribution in [0.3, 0.4) is 0 Å². The van der Waals surface area contributed by atoms with Crippen LogP contribution in [0.1, 0.15) is 29.2 Å². The van der Waals surface area contributed by atoms with Gasteiger partial charge in [-0.15, -0.1) is 0 Å². The summed E-state index contributed by atoms with van der Waals surface area (Å²) in [7, 11) is 0. The second-order valence-corrected chi connectivity index (χ2v) is 7.26. The Morgan fingerprint density at radius 2 is 1.68 bits per heavy atom. The summed E-state index contributed by atoms with van der Waals surface area (Å²) in [6.45, 7) is 2.01. The molecule has 1 aliphatic heterocycles. The molecule has 0 saturated carbocycles. The molecule has 4 nitrogen and oxygen atoms in total. The van der Waals surface area contributed by atoms with Crippen molar-refractivity contribution >= 4 is 29.0 Å². The number of benzene rings is 3. The van der Waals surface area contributed by atoms with Crippen LogP contribution in [0.5, 0.6) is 0 Å². The van der Waals surface area contributed by atoms with E-state index in [0.29, 0.717) is 11.4 Å². The number of hydrazone groups is 1. The second kappa shape index (κ2) is 7.87. The van der Waals surface area contributed by atoms with Crippen molar-refractivity contribution in [2.24, 2.45) is 5.10 Å². The number of halogens is 1. The van der Waals surface area contributed by atoms with Gasteiger partial charge in [0.05, 0.1) is 11.8 Å². The molecular formula is C23H20ClN3O. The van der Waals surface area contributed by atoms with Gasteiger partial charge in [-0.3, -0.25) is 0 Å². The highest BCUT2D eigenvalue weighted by Crippen LogP contribution is 2.33. The summed E-state index contributed by atoms with van der Waals surface area (Å²) < 4.78 is 0. The molecule has 1 aliphatic rings. The van der Waals surface area contributed by atoms with Crippen molar-refractivity contribution in [1.29, 1.82) is 0 Å². The van der Waals surface area contributed by atoms with Gasteiger partial charge in [-0.25, -0.2) is 9.80 Å². The fraction of sp³-hybridized carbons (Fsp3) is 0.130. The van der Waals surface area contributed by atoms with E-state index in [2.05, 4.69) is 10.4 Å². The summed E-state index contributed by atoms with van der Waals surface area (Å²) in [6.07, 6.45) is 0.646. The quantitative estimate of drug-likeness (QED) is 0.583. The molecule has 0 spiro atoms. The monoisotopic (exact) mass is 389 g/mol. The third-order valence-corrected chi connectivity index (χ3v) is 5.04. The molecule has 4 rings (SSSR count). The number of urea groups is 1. The number of hydrogen-bond donors (Lipinski definition) is 1. The van der Waals surface area contributed by atoms with Crippen molar-refractivity contribution in [3.05, 3.63) is 101 Å². The molecule has 5 heteroatoms. The lowest BCUT2D eigenvalue weighted by molar-refractivity contribution is 0.200. The van der Waals surface area contributed by atoms with Gasteiger partial charge in [-0.2, -0.15) is 5.10 Å². The number of carbonyl (C=O) groups is 1. The van der Waals surface area contributed by atoms with Crippen LogP contribution < -0.4 is 5.32 Å². The van der Waals surface area contributed by atoms with Crippen LogP contribution in [0.25, 0.3) is 0 Å². The molecule has 0 aliphatic carbocycles. The molecule has 0 aromatic heterocycles. The molecular weight excluding hydrogens is 370 g/mol. The zero-order valence-electron chi connectivity index (χ0n) is 15.5. The second-order valence-electron chi connectivity index (χ2n) is 6.82. The molecule has 0 bridgehead atoms. The smallest absolute Gasteiger partial charge is 0.306 e. The van der Waals surface area contributed by atoms with Gasteiger partial charge in [0.15, 0.2) is 0 Å². The molecule has 140 valence electrons. The number of rotatable bonds is 3. The number of nitrogens with one attached hydrogen (secondary N) is 1. The van der Waals surface area contributed by atoms with Gasteiger partial charge < -0.3 is 5.32 Å². The summed E-state index contributed by atoms with van der Waals surface area (Å²) in [4.78, 5) is 13.0. The van der Waals surface area contributed by atoms with Gasteiger partial charge in [0, 0.05) is 17.1 Å². The standard InChI is InChI=1S/C23H20ClN3O/c1-16-7-13-20(14-8-16)25-23(28)27-22(18-9-11-19(24)12-10-18)15-21(26-27)17-5-3-2-4-6-17/h2-14,22H,15H2,1H3,(H,25,28). The molecule has 1 atom stereocenters. The highest BCUT2D eigenvalue weighted by molar-refractivity contribution is 6.30. The van der Waals surface area contributed by atoms with E-state index in [0.717, 1.165) is 28.1 Å². The Balaban J connectivity index is 1.64. The van der Waals surface area contributed by atoms with Crippen LogP contribution >= 0.6 is 11.6 Å². The Kier molecular flexibility index (Phi) is 5.13. The molecule has 1 heterocycles. The van der Waals surface area contributed by atoms with Gasteiger partial charge in [0.2, 0.25) is 0 Å². The van der Waals surface area contributed by atoms with Crippen molar-refractivity contribution in [2.45, 2.75) is 19.4 Å². The van der Waals surface area contributed by atoms with Gasteiger partial charge in [0.1, 0.15) is 0 Å². The lowest BCUT2D eigenvalue weighted by atomic mass is 9.98. The number of anilines is 1. The maximum atomic E-state index is 13.0. The van der Waals surface area contributed by atoms with Crippen molar-refractivity contribution in [1.82, 2.24) is 5.01 Å². The molecule has 28 heavy (non-hydrogen) atoms. The van der Waals surface area contributed by atoms with Crippen molar-refractivity contribution in [2.75, 3.05) is 5.32 Å². The Hall–Kier alpha value is -3.11. The maximum Gasteiger partial charge on any atom is 0.342 e. The van der Waals surface area contributed by atoms with Crippen LogP contribution in [-0.4, -0.2) is 16.8 Å². The van der Waals surface area contributed by atoms with Crippen LogP contribution in [0.4, 0.5) is 10.5 Å². The van der Waals surface area contributed by atoms with Crippen molar-refractivity contribution in [3.63, 3.8) is 0 Å². The first-order valence-corrected chi connectivity index (χ1v) is 9.53. The number of hydrogen-bond acceptors (Lipinski definition) is 2. The van der Waals surface area contributed by atoms with Crippen LogP contribution in [0, 0.1) is 6.92 Å². The fourth-order valence-electron chi connectivity index (χ4n) is 3.26. The van der Waals surface area contributed by atoms with Gasteiger partial charge in [-0.1, -0.05) is 71.8 Å². The van der Waals surface area contributed by atoms with Gasteiger partial charge in [-0.05, 0) is 42.3 Å². The average molecular weight is 390 g/mol. The van der Waals surface area contributed by atoms with E-state index in [1.165, 1.54) is 5.01 Å². The molecule has 1 unspecified atom stereocenters. The molecule has 0 saturated heterocycles. The topological polar surface area (TPSA) is 44.7 Å². The van der Waals surface area contributed by atoms with E-state index >= 15 is 0 Å². The normalized spacial score (nSPS) is 16.0. The zero-order chi connectivity index (χ0) is 19.5. The highest BCUT2D eigenvalue weighted by atomic mass is 35.5. The van der Waals surface area contributed by atoms with E-state index in [1.807, 2.05) is 85.8 Å². The molecule has 1 N–H and O–H groups in total. The molecule has 2 amide bonds. The number of amides is 2. The van der Waals surface area contributed by atoms with Crippen LogP contribution in [0.15, 0.2) is 84.0 Å². The summed E-state index contributed by atoms with van der Waals surface area (Å²) in [5.41, 5.74) is 4.79. The Morgan fingerprint density at radius 3 is 2.36 bits per heavy atom. The van der Waals surface area contributed by atoms with Gasteiger partial charge in [0.25, 0.3) is 0 Å². The van der Waals surface area contributed by atoms with E-state index in [4.69, 9.17) is 11.6 Å². The third kappa shape index (κ3) is 3.92. The molecule has 3 aromatic carbocycles. The Labute approximate surface area is 169 Å². The average Bonchev–Trinajstić information content (AvgIpc) is 3.17. The van der Waals surface area contributed by atoms with Crippen molar-refractivity contribution < 1.29 is 4.79 Å². The Bertz CT molecular complexity index is 998. The number of carbonyl (C=O) groups excluding carboxylic acids is 1. The first-order chi connectivity index (χ1) is 13.6. The summed E-state index contributed by atoms with van der Waals surface area (Å²) in [5.74, 6) is 0. The summed E-state index contributed by atoms with van der Waals surface area (Å²) in [6, 6.07) is 24.8. The number of nitrogens with zero attached hydrogens (tertiary/aromatic N) is 2. The highest BCUT2D eigenvalue weighted by Gasteiger charge is 2.33. The fourth-order valence-corrected chi connectivity index (χ4v) is 3.39. The minimum absolute atomic E-state index is 0.182. The number of aryl methyl sites for hydroxylation is 1. The lowest BCUT2D eigenvalue weighted by Crippen LogP contribution is -2.31. The van der Waals surface area contributed by atoms with Gasteiger partial charge >= 0.3 is 6.03 Å². The van der Waals surface area contributed by atoms with E-state index in [-0.39, 0.29) is 12.1 Å².